The number of aryl methyl sites for hydroxylation is 5. The number of benzene rings is 8. The standard InChI is InChI=1S/C26H28N2O5.C25H25FN2O5.C24H23FN2O5.C24H24N2O5/c1-5-16-9-12-18-20(13-16)33-14-19-21(23(29)32-6-2)26(4)24(30)27(25(31)28(26)22(18)19)17-10-7-15(3)8-11-17;1-4-14-6-11-17-19(12-14)33-13-18-20(22(29)32-5-2)25(3)23(30)27(24(31)28(25)21(17)18)16-9-7-15(26)8-10-16;1-4-31-21(28)19-17-12-32-18-10-5-13(2)11-16(18)20(17)27-23(30)26(22(29)24(19,27)3)15-8-6-14(25)7-9-15;1-4-30-21(27)19-17-13-31-18-8-6-5-7-16(18)20(17)26-23(29)25(22(28)24(19,26)3)15-11-9-14(2)10-12-15/h7-13,19,21-22H,5-6,14H2,1-4H3;6-12,18,20-21H,4-5,13H2,1-3H3;5-11,17,19-20H,4,12H2,1-3H3;5-12,17,19-20H,4,13H2,1-3H3/t19-,21+,22-,26-;18-,20+,21-,25-;17-,19+,20+,24+;17-,19+,20-,24+/m1111/s1. The molecule has 12 aliphatic rings. The molecule has 8 saturated heterocycles. The van der Waals surface area contributed by atoms with Gasteiger partial charge in [-0.2, -0.15) is 0 Å². The first-order chi connectivity index (χ1) is 61.8. The quantitative estimate of drug-likeness (QED) is 0.0555. The summed E-state index contributed by atoms with van der Waals surface area (Å²) < 4.78 is 72.4. The molecule has 12 amide bonds. The van der Waals surface area contributed by atoms with E-state index in [2.05, 4.69) is 6.92 Å². The van der Waals surface area contributed by atoms with Crippen LogP contribution in [-0.4, -0.2) is 166 Å². The number of urea groups is 4. The minimum absolute atomic E-state index is 0.156. The lowest BCUT2D eigenvalue weighted by Gasteiger charge is -2.34. The fraction of sp³-hybridized carbons (Fsp3) is 0.394. The summed E-state index contributed by atoms with van der Waals surface area (Å²) in [5, 5.41) is 0. The average molecular weight is 1760 g/mol. The van der Waals surface area contributed by atoms with Gasteiger partial charge in [0, 0.05) is 45.9 Å². The molecule has 0 radical (unpaired) electrons. The Kier molecular flexibility index (Phi) is 22.6. The monoisotopic (exact) mass is 1760 g/mol. The number of fused-ring (bicyclic) bond motifs is 20. The molecular weight excluding hydrogens is 1660 g/mol. The van der Waals surface area contributed by atoms with Gasteiger partial charge in [-0.05, 0) is 197 Å². The summed E-state index contributed by atoms with van der Waals surface area (Å²) in [6, 6.07) is 45.9. The first-order valence-electron chi connectivity index (χ1n) is 43.8. The SMILES string of the molecule is CCOC(=O)[C@@H]1[C@H]2COc3cc(CC)ccc3[C@H]2N2C(=O)N(c3ccc(C)cc3)C(=O)[C@@]12C.CCOC(=O)[C@@H]1[C@H]2COc3cc(CC)ccc3[C@H]2N2C(=O)N(c3ccc(F)cc3)C(=O)[C@@]12C.CCOC(=O)[C@@H]1[C@H]2COc3ccc(C)cc3[C@@H]2N2C(=O)N(c3ccc(F)cc3)C(=O)[C@]12C.CCOC(=O)[C@@H]1[C@H]2COc3ccccc3[C@H]2N2C(=O)N(c3ccc(C)cc3)C(=O)[C@]12C. The number of amides is 12. The molecule has 0 saturated carbocycles. The summed E-state index contributed by atoms with van der Waals surface area (Å²) in [4.78, 5) is 174. The van der Waals surface area contributed by atoms with E-state index in [-0.39, 0.29) is 76.1 Å². The van der Waals surface area contributed by atoms with E-state index >= 15 is 0 Å². The van der Waals surface area contributed by atoms with Crippen LogP contribution in [0.25, 0.3) is 0 Å². The van der Waals surface area contributed by atoms with Crippen LogP contribution in [0.5, 0.6) is 23.0 Å². The number of carbonyl (C=O) groups is 12. The minimum atomic E-state index is -1.46. The number of rotatable bonds is 14. The van der Waals surface area contributed by atoms with Gasteiger partial charge in [0.25, 0.3) is 23.6 Å². The molecular formula is C99H100F2N8O20. The molecule has 0 aliphatic carbocycles. The van der Waals surface area contributed by atoms with Crippen LogP contribution in [0.1, 0.15) is 143 Å². The normalized spacial score (nSPS) is 28.1. The summed E-state index contributed by atoms with van der Waals surface area (Å²) >= 11 is 0. The number of carbonyl (C=O) groups excluding carboxylic acids is 12. The second kappa shape index (κ2) is 33.3. The number of anilines is 4. The number of esters is 4. The molecule has 670 valence electrons. The lowest BCUT2D eigenvalue weighted by atomic mass is 9.77. The van der Waals surface area contributed by atoms with Gasteiger partial charge >= 0.3 is 48.0 Å². The van der Waals surface area contributed by atoms with E-state index in [1.165, 1.54) is 68.1 Å². The van der Waals surface area contributed by atoms with Crippen molar-refractivity contribution in [3.8, 4) is 23.0 Å². The van der Waals surface area contributed by atoms with Gasteiger partial charge in [0.15, 0.2) is 0 Å². The molecule has 8 aromatic carbocycles. The van der Waals surface area contributed by atoms with Crippen LogP contribution in [0, 0.1) is 79.7 Å². The first-order valence-corrected chi connectivity index (χ1v) is 43.8. The number of imide groups is 4. The van der Waals surface area contributed by atoms with Gasteiger partial charge in [0.1, 0.15) is 56.8 Å². The molecule has 0 N–H and O–H groups in total. The summed E-state index contributed by atoms with van der Waals surface area (Å²) in [5.41, 5.74) is 4.29. The topological polar surface area (TPSA) is 305 Å². The van der Waals surface area contributed by atoms with Crippen molar-refractivity contribution in [2.24, 2.45) is 47.3 Å². The van der Waals surface area contributed by atoms with Crippen molar-refractivity contribution < 1.29 is 104 Å². The Labute approximate surface area is 744 Å². The number of hydrogen-bond donors (Lipinski definition) is 0. The Balaban J connectivity index is 0.000000121. The Morgan fingerprint density at radius 2 is 0.589 bits per heavy atom. The number of ether oxygens (including phenoxy) is 8. The van der Waals surface area contributed by atoms with Crippen LogP contribution >= 0.6 is 0 Å². The predicted molar refractivity (Wildman–Crippen MR) is 464 cm³/mol. The van der Waals surface area contributed by atoms with Crippen molar-refractivity contribution in [1.82, 2.24) is 19.6 Å². The predicted octanol–water partition coefficient (Wildman–Crippen LogP) is 15.0. The summed E-state index contributed by atoms with van der Waals surface area (Å²) in [6.45, 7) is 25.0. The molecule has 30 heteroatoms. The van der Waals surface area contributed by atoms with Crippen LogP contribution in [0.2, 0.25) is 0 Å². The molecule has 0 unspecified atom stereocenters. The Morgan fingerprint density at radius 1 is 0.326 bits per heavy atom. The molecule has 16 atom stereocenters. The molecule has 12 heterocycles. The zero-order valence-electron chi connectivity index (χ0n) is 73.7. The van der Waals surface area contributed by atoms with Gasteiger partial charge in [-0.25, -0.2) is 47.6 Å². The molecule has 12 aliphatic heterocycles. The fourth-order valence-electron chi connectivity index (χ4n) is 22.0. The lowest BCUT2D eigenvalue weighted by Crippen LogP contribution is -2.51. The average Bonchev–Trinajstić information content (AvgIpc) is 1.54. The van der Waals surface area contributed by atoms with Crippen molar-refractivity contribution in [2.45, 2.75) is 149 Å². The zero-order chi connectivity index (χ0) is 91.7. The Morgan fingerprint density at radius 3 is 0.891 bits per heavy atom. The maximum Gasteiger partial charge on any atom is 0.332 e. The Hall–Kier alpha value is -13.5. The second-order valence-corrected chi connectivity index (χ2v) is 35.0. The van der Waals surface area contributed by atoms with Crippen molar-refractivity contribution in [2.75, 3.05) is 72.5 Å². The molecule has 0 bridgehead atoms. The molecule has 20 rings (SSSR count). The highest BCUT2D eigenvalue weighted by Gasteiger charge is 2.77. The van der Waals surface area contributed by atoms with Gasteiger partial charge in [-0.1, -0.05) is 109 Å². The van der Waals surface area contributed by atoms with Crippen LogP contribution in [-0.2, 0) is 70.1 Å². The minimum Gasteiger partial charge on any atom is -0.493 e. The summed E-state index contributed by atoms with van der Waals surface area (Å²) in [5.74, 6) is -7.23. The first kappa shape index (κ1) is 87.5. The van der Waals surface area contributed by atoms with Crippen molar-refractivity contribution in [3.63, 3.8) is 0 Å². The van der Waals surface area contributed by atoms with Crippen LogP contribution in [0.15, 0.2) is 176 Å². The molecule has 0 spiro atoms. The van der Waals surface area contributed by atoms with Crippen molar-refractivity contribution in [1.29, 1.82) is 0 Å². The van der Waals surface area contributed by atoms with E-state index in [1.807, 2.05) is 131 Å². The number of halogens is 2. The fourth-order valence-corrected chi connectivity index (χ4v) is 22.0. The van der Waals surface area contributed by atoms with E-state index in [0.29, 0.717) is 34.4 Å². The zero-order valence-corrected chi connectivity index (χ0v) is 73.7. The molecule has 129 heavy (non-hydrogen) atoms. The van der Waals surface area contributed by atoms with E-state index in [4.69, 9.17) is 37.9 Å². The number of nitrogens with zero attached hydrogens (tertiary/aromatic N) is 8. The van der Waals surface area contributed by atoms with Crippen molar-refractivity contribution >= 4 is 94.4 Å². The highest BCUT2D eigenvalue weighted by Crippen LogP contribution is 2.64. The molecule has 8 fully saturated rings. The van der Waals surface area contributed by atoms with Crippen LogP contribution < -0.4 is 38.5 Å². The van der Waals surface area contributed by atoms with Gasteiger partial charge in [0.05, 0.1) is 123 Å². The maximum atomic E-state index is 13.9. The largest absolute Gasteiger partial charge is 0.493 e. The van der Waals surface area contributed by atoms with E-state index in [9.17, 15) is 66.3 Å². The smallest absolute Gasteiger partial charge is 0.332 e. The third-order valence-electron chi connectivity index (χ3n) is 28.0. The van der Waals surface area contributed by atoms with Crippen LogP contribution in [0.4, 0.5) is 50.7 Å². The highest BCUT2D eigenvalue weighted by atomic mass is 19.1. The lowest BCUT2D eigenvalue weighted by molar-refractivity contribution is -0.155. The number of para-hydroxylation sites is 1. The third kappa shape index (κ3) is 13.4. The maximum absolute atomic E-state index is 13.9. The van der Waals surface area contributed by atoms with Gasteiger partial charge in [-0.15, -0.1) is 0 Å². The Bertz CT molecular complexity index is 5760. The van der Waals surface area contributed by atoms with Crippen molar-refractivity contribution in [3.05, 3.63) is 238 Å². The van der Waals surface area contributed by atoms with E-state index < -0.39 is 165 Å². The second-order valence-electron chi connectivity index (χ2n) is 35.0. The van der Waals surface area contributed by atoms with Crippen LogP contribution in [0.3, 0.4) is 0 Å². The summed E-state index contributed by atoms with van der Waals surface area (Å²) in [7, 11) is 0. The van der Waals surface area contributed by atoms with Gasteiger partial charge < -0.3 is 57.5 Å². The number of hydrogen-bond acceptors (Lipinski definition) is 20. The molecule has 28 nitrogen and oxygen atoms in total. The van der Waals surface area contributed by atoms with E-state index in [0.717, 1.165) is 72.7 Å². The summed E-state index contributed by atoms with van der Waals surface area (Å²) in [6.07, 6.45) is 1.68. The molecule has 0 aromatic heterocycles. The van der Waals surface area contributed by atoms with E-state index in [1.54, 1.807) is 89.5 Å². The third-order valence-corrected chi connectivity index (χ3v) is 28.0. The highest BCUT2D eigenvalue weighted by molar-refractivity contribution is 6.28. The van der Waals surface area contributed by atoms with Gasteiger partial charge in [0.2, 0.25) is 0 Å². The van der Waals surface area contributed by atoms with Gasteiger partial charge in [-0.3, -0.25) is 38.4 Å². The molecule has 8 aromatic rings.